The number of carbonyl (C=O) groups is 1. The van der Waals surface area contributed by atoms with Crippen molar-refractivity contribution < 1.29 is 4.79 Å². The molecule has 1 atom stereocenters. The summed E-state index contributed by atoms with van der Waals surface area (Å²) in [7, 11) is 1.70. The molecular formula is C15H21N3OS. The fourth-order valence-corrected chi connectivity index (χ4v) is 3.41. The number of nitriles is 1. The molecule has 4 nitrogen and oxygen atoms in total. The van der Waals surface area contributed by atoms with Crippen molar-refractivity contribution >= 4 is 17.2 Å². The Bertz CT molecular complexity index is 544. The summed E-state index contributed by atoms with van der Waals surface area (Å²) in [5.74, 6) is 0.00193. The SMILES string of the molecule is C[C@@H]1c2ccsc2CCN1CC(=O)N(C)C(C)(C)C#N. The molecule has 2 rings (SSSR count). The molecule has 5 heteroatoms. The lowest BCUT2D eigenvalue weighted by atomic mass is 10.0. The predicted molar refractivity (Wildman–Crippen MR) is 80.5 cm³/mol. The lowest BCUT2D eigenvalue weighted by molar-refractivity contribution is -0.134. The first-order valence-electron chi connectivity index (χ1n) is 6.85. The number of amides is 1. The first-order chi connectivity index (χ1) is 9.36. The van der Waals surface area contributed by atoms with Crippen LogP contribution < -0.4 is 0 Å². The second-order valence-corrected chi connectivity index (χ2v) is 6.82. The van der Waals surface area contributed by atoms with Gasteiger partial charge in [-0.1, -0.05) is 0 Å². The van der Waals surface area contributed by atoms with Gasteiger partial charge in [-0.3, -0.25) is 9.69 Å². The van der Waals surface area contributed by atoms with Gasteiger partial charge in [-0.05, 0) is 44.2 Å². The predicted octanol–water partition coefficient (Wildman–Crippen LogP) is 2.43. The molecule has 0 radical (unpaired) electrons. The number of hydrogen-bond acceptors (Lipinski definition) is 4. The van der Waals surface area contributed by atoms with Gasteiger partial charge in [-0.15, -0.1) is 11.3 Å². The Labute approximate surface area is 124 Å². The first kappa shape index (κ1) is 15.0. The largest absolute Gasteiger partial charge is 0.326 e. The molecular weight excluding hydrogens is 270 g/mol. The van der Waals surface area contributed by atoms with Gasteiger partial charge in [0.15, 0.2) is 0 Å². The van der Waals surface area contributed by atoms with Crippen molar-refractivity contribution in [1.82, 2.24) is 9.80 Å². The Balaban J connectivity index is 2.05. The lowest BCUT2D eigenvalue weighted by Gasteiger charge is -2.36. The minimum absolute atomic E-state index is 0.00193. The van der Waals surface area contributed by atoms with Crippen LogP contribution in [-0.4, -0.2) is 41.4 Å². The molecule has 0 aliphatic carbocycles. The quantitative estimate of drug-likeness (QED) is 0.859. The van der Waals surface area contributed by atoms with Crippen LogP contribution in [0.4, 0.5) is 0 Å². The average Bonchev–Trinajstić information content (AvgIpc) is 2.90. The zero-order chi connectivity index (χ0) is 14.9. The van der Waals surface area contributed by atoms with Crippen molar-refractivity contribution in [2.24, 2.45) is 0 Å². The van der Waals surface area contributed by atoms with Crippen LogP contribution in [0.3, 0.4) is 0 Å². The molecule has 108 valence electrons. The topological polar surface area (TPSA) is 47.3 Å². The molecule has 0 saturated carbocycles. The van der Waals surface area contributed by atoms with E-state index in [1.54, 1.807) is 37.1 Å². The van der Waals surface area contributed by atoms with E-state index >= 15 is 0 Å². The zero-order valence-electron chi connectivity index (χ0n) is 12.5. The summed E-state index contributed by atoms with van der Waals surface area (Å²) in [5.41, 5.74) is 0.583. The summed E-state index contributed by atoms with van der Waals surface area (Å²) >= 11 is 1.80. The van der Waals surface area contributed by atoms with Crippen LogP contribution in [-0.2, 0) is 11.2 Å². The van der Waals surface area contributed by atoms with Crippen molar-refractivity contribution in [2.75, 3.05) is 20.1 Å². The molecule has 0 bridgehead atoms. The maximum absolute atomic E-state index is 12.3. The number of thiophene rings is 1. The minimum atomic E-state index is -0.760. The van der Waals surface area contributed by atoms with Crippen molar-refractivity contribution in [3.05, 3.63) is 21.9 Å². The molecule has 0 aromatic carbocycles. The average molecular weight is 291 g/mol. The third-order valence-electron chi connectivity index (χ3n) is 4.23. The first-order valence-corrected chi connectivity index (χ1v) is 7.73. The molecule has 0 spiro atoms. The molecule has 1 aromatic heterocycles. The van der Waals surface area contributed by atoms with Crippen molar-refractivity contribution in [3.63, 3.8) is 0 Å². The van der Waals surface area contributed by atoms with E-state index in [1.807, 2.05) is 0 Å². The zero-order valence-corrected chi connectivity index (χ0v) is 13.3. The minimum Gasteiger partial charge on any atom is -0.326 e. The van der Waals surface area contributed by atoms with E-state index in [2.05, 4.69) is 29.3 Å². The van der Waals surface area contributed by atoms with Gasteiger partial charge in [0.1, 0.15) is 5.54 Å². The van der Waals surface area contributed by atoms with Gasteiger partial charge in [-0.25, -0.2) is 0 Å². The third kappa shape index (κ3) is 2.72. The van der Waals surface area contributed by atoms with Gasteiger partial charge in [-0.2, -0.15) is 5.26 Å². The number of likely N-dealkylation sites (N-methyl/N-ethyl adjacent to an activating group) is 1. The smallest absolute Gasteiger partial charge is 0.237 e. The Morgan fingerprint density at radius 3 is 3.00 bits per heavy atom. The molecule has 1 amide bonds. The van der Waals surface area contributed by atoms with Gasteiger partial charge in [0.05, 0.1) is 12.6 Å². The Morgan fingerprint density at radius 2 is 2.35 bits per heavy atom. The van der Waals surface area contributed by atoms with Crippen LogP contribution in [0.5, 0.6) is 0 Å². The van der Waals surface area contributed by atoms with Crippen LogP contribution in [0.1, 0.15) is 37.3 Å². The van der Waals surface area contributed by atoms with E-state index in [4.69, 9.17) is 5.26 Å². The van der Waals surface area contributed by atoms with Gasteiger partial charge < -0.3 is 4.90 Å². The number of hydrogen-bond donors (Lipinski definition) is 0. The molecule has 1 aliphatic heterocycles. The maximum atomic E-state index is 12.3. The van der Waals surface area contributed by atoms with E-state index in [0.717, 1.165) is 13.0 Å². The van der Waals surface area contributed by atoms with Crippen LogP contribution >= 0.6 is 11.3 Å². The van der Waals surface area contributed by atoms with Gasteiger partial charge >= 0.3 is 0 Å². The summed E-state index contributed by atoms with van der Waals surface area (Å²) in [5, 5.41) is 11.2. The fraction of sp³-hybridized carbons (Fsp3) is 0.600. The molecule has 1 aliphatic rings. The summed E-state index contributed by atoms with van der Waals surface area (Å²) in [6.07, 6.45) is 1.01. The molecule has 0 saturated heterocycles. The highest BCUT2D eigenvalue weighted by molar-refractivity contribution is 7.10. The standard InChI is InChI=1S/C15H21N3OS/c1-11-12-6-8-20-13(12)5-7-18(11)9-14(19)17(4)15(2,3)10-16/h6,8,11H,5,7,9H2,1-4H3/t11-/m1/s1. The Hall–Kier alpha value is -1.38. The van der Waals surface area contributed by atoms with Crippen molar-refractivity contribution in [3.8, 4) is 6.07 Å². The summed E-state index contributed by atoms with van der Waals surface area (Å²) < 4.78 is 0. The van der Waals surface area contributed by atoms with Crippen molar-refractivity contribution in [1.29, 1.82) is 5.26 Å². The second-order valence-electron chi connectivity index (χ2n) is 5.82. The molecule has 0 N–H and O–H groups in total. The lowest BCUT2D eigenvalue weighted by Crippen LogP contribution is -2.49. The van der Waals surface area contributed by atoms with Crippen LogP contribution in [0.15, 0.2) is 11.4 Å². The summed E-state index contributed by atoms with van der Waals surface area (Å²) in [6.45, 7) is 6.95. The number of rotatable bonds is 3. The van der Waals surface area contributed by atoms with E-state index in [-0.39, 0.29) is 11.9 Å². The molecule has 1 aromatic rings. The number of carbonyl (C=O) groups excluding carboxylic acids is 1. The summed E-state index contributed by atoms with van der Waals surface area (Å²) in [6, 6.07) is 4.60. The fourth-order valence-electron chi connectivity index (χ4n) is 2.44. The highest BCUT2D eigenvalue weighted by atomic mass is 32.1. The van der Waals surface area contributed by atoms with E-state index in [0.29, 0.717) is 6.54 Å². The monoisotopic (exact) mass is 291 g/mol. The van der Waals surface area contributed by atoms with Crippen molar-refractivity contribution in [2.45, 2.75) is 38.8 Å². The van der Waals surface area contributed by atoms with Gasteiger partial charge in [0, 0.05) is 24.5 Å². The van der Waals surface area contributed by atoms with Crippen LogP contribution in [0.25, 0.3) is 0 Å². The Morgan fingerprint density at radius 1 is 1.65 bits per heavy atom. The Kier molecular flexibility index (Phi) is 4.17. The highest BCUT2D eigenvalue weighted by Gasteiger charge is 2.31. The summed E-state index contributed by atoms with van der Waals surface area (Å²) in [4.78, 5) is 17.5. The molecule has 2 heterocycles. The van der Waals surface area contributed by atoms with Gasteiger partial charge in [0.2, 0.25) is 5.91 Å². The highest BCUT2D eigenvalue weighted by Crippen LogP contribution is 2.32. The van der Waals surface area contributed by atoms with Gasteiger partial charge in [0.25, 0.3) is 0 Å². The van der Waals surface area contributed by atoms with E-state index < -0.39 is 5.54 Å². The number of nitrogens with zero attached hydrogens (tertiary/aromatic N) is 3. The van der Waals surface area contributed by atoms with E-state index in [1.165, 1.54) is 10.4 Å². The molecule has 20 heavy (non-hydrogen) atoms. The molecule has 0 fully saturated rings. The third-order valence-corrected chi connectivity index (χ3v) is 5.22. The maximum Gasteiger partial charge on any atom is 0.237 e. The van der Waals surface area contributed by atoms with Crippen LogP contribution in [0, 0.1) is 11.3 Å². The molecule has 0 unspecified atom stereocenters. The second kappa shape index (κ2) is 5.55. The van der Waals surface area contributed by atoms with Crippen LogP contribution in [0.2, 0.25) is 0 Å². The number of fused-ring (bicyclic) bond motifs is 1. The normalized spacial score (nSPS) is 19.2. The van der Waals surface area contributed by atoms with E-state index in [9.17, 15) is 4.79 Å².